The van der Waals surface area contributed by atoms with Gasteiger partial charge in [-0.1, -0.05) is 20.8 Å². The number of carbonyl (C=O) groups excluding carboxylic acids is 1. The van der Waals surface area contributed by atoms with Crippen molar-refractivity contribution in [2.75, 3.05) is 19.6 Å². The largest absolute Gasteiger partial charge is 0.455 e. The van der Waals surface area contributed by atoms with Crippen molar-refractivity contribution in [1.82, 2.24) is 4.90 Å². The number of carbonyl (C=O) groups is 1. The first kappa shape index (κ1) is 17.5. The van der Waals surface area contributed by atoms with Gasteiger partial charge in [-0.05, 0) is 63.3 Å². The number of hydrogen-bond acceptors (Lipinski definition) is 4. The number of piperidine rings is 1. The maximum atomic E-state index is 13.1. The molecule has 4 nitrogen and oxygen atoms in total. The minimum Gasteiger partial charge on any atom is -0.455 e. The van der Waals surface area contributed by atoms with Gasteiger partial charge in [-0.2, -0.15) is 0 Å². The Labute approximate surface area is 158 Å². The first-order valence-electron chi connectivity index (χ1n) is 10.9. The highest BCUT2D eigenvalue weighted by atomic mass is 16.7. The highest BCUT2D eigenvalue weighted by Gasteiger charge is 2.77. The number of ether oxygens (including phenoxy) is 2. The fourth-order valence-electron chi connectivity index (χ4n) is 7.24. The number of rotatable bonds is 2. The van der Waals surface area contributed by atoms with E-state index in [-0.39, 0.29) is 29.2 Å². The Balaban J connectivity index is 1.42. The normalized spacial score (nSPS) is 52.6. The minimum absolute atomic E-state index is 0.0336. The fraction of sp³-hybridized carbons (Fsp3) is 0.955. The molecule has 2 aliphatic carbocycles. The van der Waals surface area contributed by atoms with Crippen LogP contribution < -0.4 is 0 Å². The summed E-state index contributed by atoms with van der Waals surface area (Å²) >= 11 is 0. The van der Waals surface area contributed by atoms with Gasteiger partial charge < -0.3 is 14.4 Å². The Morgan fingerprint density at radius 1 is 1.12 bits per heavy atom. The number of nitrogens with zero attached hydrogens (tertiary/aromatic N) is 1. The van der Waals surface area contributed by atoms with Crippen molar-refractivity contribution in [3.63, 3.8) is 0 Å². The summed E-state index contributed by atoms with van der Waals surface area (Å²) in [6.07, 6.45) is 7.33. The highest BCUT2D eigenvalue weighted by Crippen LogP contribution is 2.66. The van der Waals surface area contributed by atoms with Crippen LogP contribution in [-0.4, -0.2) is 47.8 Å². The molecule has 0 unspecified atom stereocenters. The summed E-state index contributed by atoms with van der Waals surface area (Å²) in [5.74, 6) is 1.60. The van der Waals surface area contributed by atoms with Gasteiger partial charge in [0.1, 0.15) is 11.7 Å². The predicted molar refractivity (Wildman–Crippen MR) is 99.7 cm³/mol. The van der Waals surface area contributed by atoms with Gasteiger partial charge in [0.15, 0.2) is 0 Å². The van der Waals surface area contributed by atoms with Gasteiger partial charge >= 0.3 is 5.97 Å². The predicted octanol–water partition coefficient (Wildman–Crippen LogP) is 3.63. The molecular weight excluding hydrogens is 326 g/mol. The lowest BCUT2D eigenvalue weighted by Crippen LogP contribution is -2.58. The van der Waals surface area contributed by atoms with Gasteiger partial charge in [0.05, 0.1) is 11.5 Å². The molecule has 0 aromatic carbocycles. The highest BCUT2D eigenvalue weighted by molar-refractivity contribution is 5.77. The van der Waals surface area contributed by atoms with Gasteiger partial charge in [0.2, 0.25) is 0 Å². The van der Waals surface area contributed by atoms with E-state index in [0.717, 1.165) is 38.9 Å². The van der Waals surface area contributed by atoms with Crippen LogP contribution in [0.25, 0.3) is 0 Å². The Bertz CT molecular complexity index is 619. The molecule has 26 heavy (non-hydrogen) atoms. The number of hydrogen-bond donors (Lipinski definition) is 0. The molecule has 0 bridgehead atoms. The zero-order valence-electron chi connectivity index (χ0n) is 16.9. The van der Waals surface area contributed by atoms with Crippen LogP contribution in [-0.2, 0) is 14.3 Å². The quantitative estimate of drug-likeness (QED) is 0.556. The van der Waals surface area contributed by atoms with E-state index in [2.05, 4.69) is 32.6 Å². The molecule has 5 rings (SSSR count). The van der Waals surface area contributed by atoms with Gasteiger partial charge in [0, 0.05) is 24.9 Å². The fourth-order valence-corrected chi connectivity index (χ4v) is 7.24. The van der Waals surface area contributed by atoms with Crippen molar-refractivity contribution in [1.29, 1.82) is 0 Å². The zero-order chi connectivity index (χ0) is 18.3. The van der Waals surface area contributed by atoms with Crippen LogP contribution in [0.5, 0.6) is 0 Å². The summed E-state index contributed by atoms with van der Waals surface area (Å²) in [7, 11) is 0. The molecule has 3 aliphatic heterocycles. The second kappa shape index (κ2) is 5.47. The second-order valence-electron chi connectivity index (χ2n) is 11.0. The van der Waals surface area contributed by atoms with E-state index in [0.29, 0.717) is 23.2 Å². The Kier molecular flexibility index (Phi) is 3.68. The molecule has 2 saturated carbocycles. The summed E-state index contributed by atoms with van der Waals surface area (Å²) in [6, 6.07) is 0. The van der Waals surface area contributed by atoms with Crippen LogP contribution in [0.2, 0.25) is 0 Å². The summed E-state index contributed by atoms with van der Waals surface area (Å²) < 4.78 is 12.6. The lowest BCUT2D eigenvalue weighted by Gasteiger charge is -2.50. The lowest BCUT2D eigenvalue weighted by molar-refractivity contribution is -0.168. The number of likely N-dealkylation sites (tertiary alicyclic amines) is 1. The third-order valence-corrected chi connectivity index (χ3v) is 8.53. The first-order valence-corrected chi connectivity index (χ1v) is 10.9. The molecule has 4 heteroatoms. The van der Waals surface area contributed by atoms with E-state index in [1.807, 2.05) is 0 Å². The second-order valence-corrected chi connectivity index (χ2v) is 11.0. The zero-order valence-corrected chi connectivity index (χ0v) is 16.9. The smallest absolute Gasteiger partial charge is 0.311 e. The minimum atomic E-state index is -0.322. The first-order chi connectivity index (χ1) is 12.3. The van der Waals surface area contributed by atoms with E-state index in [4.69, 9.17) is 9.47 Å². The molecule has 7 atom stereocenters. The van der Waals surface area contributed by atoms with Crippen molar-refractivity contribution < 1.29 is 14.3 Å². The van der Waals surface area contributed by atoms with E-state index >= 15 is 0 Å². The maximum Gasteiger partial charge on any atom is 0.311 e. The summed E-state index contributed by atoms with van der Waals surface area (Å²) in [6.45, 7) is 12.4. The van der Waals surface area contributed by atoms with Crippen molar-refractivity contribution in [2.24, 2.45) is 29.1 Å². The van der Waals surface area contributed by atoms with E-state index in [1.165, 1.54) is 19.3 Å². The maximum absolute atomic E-state index is 13.1. The van der Waals surface area contributed by atoms with Crippen LogP contribution in [0, 0.1) is 29.1 Å². The summed E-state index contributed by atoms with van der Waals surface area (Å²) in [5, 5.41) is 0. The molecule has 0 N–H and O–H groups in total. The van der Waals surface area contributed by atoms with Gasteiger partial charge in [-0.25, -0.2) is 0 Å². The SMILES string of the molecule is C[C@@H]1CC[C@H]2[C@@H](CN3CCCC(C)(C)C3)C(=O)O[C@]23[C@H]1CC[C@@]1(C)O[C@@H]31. The molecule has 0 aromatic heterocycles. The van der Waals surface area contributed by atoms with Gasteiger partial charge in [0.25, 0.3) is 0 Å². The Morgan fingerprint density at radius 3 is 2.69 bits per heavy atom. The van der Waals surface area contributed by atoms with Crippen LogP contribution in [0.4, 0.5) is 0 Å². The lowest BCUT2D eigenvalue weighted by atomic mass is 9.55. The van der Waals surface area contributed by atoms with Crippen molar-refractivity contribution in [3.8, 4) is 0 Å². The molecule has 0 radical (unpaired) electrons. The van der Waals surface area contributed by atoms with E-state index < -0.39 is 0 Å². The molecule has 3 heterocycles. The molecule has 3 saturated heterocycles. The molecule has 5 fully saturated rings. The summed E-state index contributed by atoms with van der Waals surface area (Å²) in [4.78, 5) is 15.6. The van der Waals surface area contributed by atoms with Crippen molar-refractivity contribution in [3.05, 3.63) is 0 Å². The average Bonchev–Trinajstić information content (AvgIpc) is 3.18. The molecule has 0 aromatic rings. The van der Waals surface area contributed by atoms with Crippen molar-refractivity contribution in [2.45, 2.75) is 83.5 Å². The van der Waals surface area contributed by atoms with Crippen LogP contribution in [0.3, 0.4) is 0 Å². The molecular formula is C22H35NO3. The van der Waals surface area contributed by atoms with Gasteiger partial charge in [-0.15, -0.1) is 0 Å². The number of epoxide rings is 1. The number of fused-ring (bicyclic) bond motifs is 1. The van der Waals surface area contributed by atoms with Crippen molar-refractivity contribution >= 4 is 5.97 Å². The third kappa shape index (κ3) is 2.37. The monoisotopic (exact) mass is 361 g/mol. The number of esters is 1. The Morgan fingerprint density at radius 2 is 1.92 bits per heavy atom. The third-order valence-electron chi connectivity index (χ3n) is 8.53. The summed E-state index contributed by atoms with van der Waals surface area (Å²) in [5.41, 5.74) is 0.0108. The molecule has 1 spiro atoms. The van der Waals surface area contributed by atoms with E-state index in [1.54, 1.807) is 0 Å². The topological polar surface area (TPSA) is 42.1 Å². The average molecular weight is 362 g/mol. The molecule has 5 aliphatic rings. The Hall–Kier alpha value is -0.610. The van der Waals surface area contributed by atoms with Crippen LogP contribution in [0.15, 0.2) is 0 Å². The van der Waals surface area contributed by atoms with Crippen LogP contribution >= 0.6 is 0 Å². The molecule has 146 valence electrons. The van der Waals surface area contributed by atoms with Crippen LogP contribution in [0.1, 0.15) is 66.2 Å². The van der Waals surface area contributed by atoms with E-state index in [9.17, 15) is 4.79 Å². The standard InChI is InChI=1S/C22H35NO3/c1-14-6-7-17-15(12-23-11-5-9-20(2,3)13-23)18(24)25-22(17)16(14)8-10-21(4)19(22)26-21/h14-17,19H,5-13H2,1-4H3/t14-,15-,16+,17+,19-,21-,22-/m1/s1. The molecule has 0 amide bonds. The van der Waals surface area contributed by atoms with Gasteiger partial charge in [-0.3, -0.25) is 4.79 Å².